The van der Waals surface area contributed by atoms with E-state index in [9.17, 15) is 0 Å². The molecule has 1 nitrogen and oxygen atoms in total. The van der Waals surface area contributed by atoms with E-state index in [4.69, 9.17) is 16.9 Å². The van der Waals surface area contributed by atoms with Crippen molar-refractivity contribution in [1.29, 1.82) is 5.26 Å². The van der Waals surface area contributed by atoms with Crippen LogP contribution in [0.15, 0.2) is 16.6 Å². The molecule has 0 fully saturated rings. The summed E-state index contributed by atoms with van der Waals surface area (Å²) in [6, 6.07) is 5.61. The molecule has 0 amide bonds. The van der Waals surface area contributed by atoms with Crippen molar-refractivity contribution in [2.24, 2.45) is 0 Å². The third kappa shape index (κ3) is 1.55. The second-order valence-corrected chi connectivity index (χ2v) is 3.40. The Balaban J connectivity index is 3.44. The molecule has 0 N–H and O–H groups in total. The second-order valence-electron chi connectivity index (χ2n) is 2.14. The summed E-state index contributed by atoms with van der Waals surface area (Å²) in [5.41, 5.74) is 1.43. The Labute approximate surface area is 78.7 Å². The minimum atomic E-state index is 0.609. The van der Waals surface area contributed by atoms with E-state index in [0.29, 0.717) is 10.6 Å². The molecule has 1 aromatic rings. The lowest BCUT2D eigenvalue weighted by Gasteiger charge is -2.00. The molecule has 1 rings (SSSR count). The van der Waals surface area contributed by atoms with Crippen LogP contribution in [0.3, 0.4) is 0 Å². The van der Waals surface area contributed by atoms with E-state index in [1.54, 1.807) is 12.1 Å². The maximum absolute atomic E-state index is 8.69. The number of halogens is 2. The number of hydrogen-bond donors (Lipinski definition) is 0. The first-order valence-corrected chi connectivity index (χ1v) is 4.18. The summed E-state index contributed by atoms with van der Waals surface area (Å²) in [6.45, 7) is 1.83. The molecule has 0 unspecified atom stereocenters. The van der Waals surface area contributed by atoms with E-state index in [1.165, 1.54) is 0 Å². The third-order valence-electron chi connectivity index (χ3n) is 1.46. The smallest absolute Gasteiger partial charge is 0.101 e. The van der Waals surface area contributed by atoms with Crippen molar-refractivity contribution in [2.45, 2.75) is 6.92 Å². The summed E-state index contributed by atoms with van der Waals surface area (Å²) >= 11 is 9.05. The predicted octanol–water partition coefficient (Wildman–Crippen LogP) is 3.28. The van der Waals surface area contributed by atoms with Crippen molar-refractivity contribution in [2.75, 3.05) is 0 Å². The molecule has 1 aromatic carbocycles. The van der Waals surface area contributed by atoms with Gasteiger partial charge in [-0.05, 0) is 40.5 Å². The minimum Gasteiger partial charge on any atom is -0.192 e. The first-order chi connectivity index (χ1) is 5.16. The zero-order chi connectivity index (χ0) is 8.43. The van der Waals surface area contributed by atoms with Gasteiger partial charge in [0.15, 0.2) is 0 Å². The Bertz CT molecular complexity index is 328. The lowest BCUT2D eigenvalue weighted by molar-refractivity contribution is 1.37. The summed E-state index contributed by atoms with van der Waals surface area (Å²) in [4.78, 5) is 0. The normalized spacial score (nSPS) is 9.27. The van der Waals surface area contributed by atoms with Crippen molar-refractivity contribution < 1.29 is 0 Å². The van der Waals surface area contributed by atoms with Crippen LogP contribution in [-0.2, 0) is 0 Å². The number of nitriles is 1. The third-order valence-corrected chi connectivity index (χ3v) is 2.53. The highest BCUT2D eigenvalue weighted by Crippen LogP contribution is 2.25. The molecule has 0 atom stereocenters. The number of nitrogens with zero attached hydrogens (tertiary/aromatic N) is 1. The maximum Gasteiger partial charge on any atom is 0.101 e. The zero-order valence-electron chi connectivity index (χ0n) is 5.86. The van der Waals surface area contributed by atoms with Gasteiger partial charge in [0.1, 0.15) is 6.07 Å². The molecule has 0 aromatic heterocycles. The Kier molecular flexibility index (Phi) is 2.53. The van der Waals surface area contributed by atoms with Crippen LogP contribution in [0.5, 0.6) is 0 Å². The zero-order valence-corrected chi connectivity index (χ0v) is 8.20. The fraction of sp³-hybridized carbons (Fsp3) is 0.125. The van der Waals surface area contributed by atoms with Crippen molar-refractivity contribution in [1.82, 2.24) is 0 Å². The van der Waals surface area contributed by atoms with Gasteiger partial charge in [0.25, 0.3) is 0 Å². The van der Waals surface area contributed by atoms with Gasteiger partial charge >= 0.3 is 0 Å². The van der Waals surface area contributed by atoms with Crippen LogP contribution in [0.4, 0.5) is 0 Å². The lowest BCUT2D eigenvalue weighted by atomic mass is 10.1. The highest BCUT2D eigenvalue weighted by molar-refractivity contribution is 9.10. The second kappa shape index (κ2) is 3.25. The summed E-state index contributed by atoms with van der Waals surface area (Å²) in [5.74, 6) is 0. The Hall–Kier alpha value is -0.520. The number of hydrogen-bond acceptors (Lipinski definition) is 1. The van der Waals surface area contributed by atoms with Gasteiger partial charge < -0.3 is 0 Å². The van der Waals surface area contributed by atoms with Crippen molar-refractivity contribution in [3.05, 3.63) is 32.8 Å². The molecule has 0 saturated heterocycles. The average Bonchev–Trinajstić information content (AvgIpc) is 1.99. The van der Waals surface area contributed by atoms with Crippen LogP contribution in [0.2, 0.25) is 5.02 Å². The van der Waals surface area contributed by atoms with E-state index in [1.807, 2.05) is 6.92 Å². The first kappa shape index (κ1) is 8.58. The number of benzene rings is 1. The fourth-order valence-corrected chi connectivity index (χ4v) is 1.47. The minimum absolute atomic E-state index is 0.609. The Morgan fingerprint density at radius 2 is 2.18 bits per heavy atom. The lowest BCUT2D eigenvalue weighted by Crippen LogP contribution is -1.84. The van der Waals surface area contributed by atoms with Crippen LogP contribution < -0.4 is 0 Å². The summed E-state index contributed by atoms with van der Waals surface area (Å²) in [5, 5.41) is 9.31. The van der Waals surface area contributed by atoms with E-state index in [0.717, 1.165) is 10.0 Å². The average molecular weight is 230 g/mol. The highest BCUT2D eigenvalue weighted by atomic mass is 79.9. The monoisotopic (exact) mass is 229 g/mol. The van der Waals surface area contributed by atoms with Crippen LogP contribution in [0.25, 0.3) is 0 Å². The van der Waals surface area contributed by atoms with Gasteiger partial charge in [-0.25, -0.2) is 0 Å². The van der Waals surface area contributed by atoms with Gasteiger partial charge in [-0.3, -0.25) is 0 Å². The van der Waals surface area contributed by atoms with E-state index >= 15 is 0 Å². The molecule has 0 bridgehead atoms. The molecule has 0 aliphatic rings. The van der Waals surface area contributed by atoms with Crippen LogP contribution in [0, 0.1) is 18.3 Å². The summed E-state index contributed by atoms with van der Waals surface area (Å²) < 4.78 is 0.793. The molecule has 0 aliphatic carbocycles. The van der Waals surface area contributed by atoms with E-state index in [-0.39, 0.29) is 0 Å². The SMILES string of the molecule is Cc1c(Cl)ccc(Br)c1C#N. The van der Waals surface area contributed by atoms with Gasteiger partial charge in [0, 0.05) is 9.50 Å². The first-order valence-electron chi connectivity index (χ1n) is 3.01. The molecular weight excluding hydrogens is 225 g/mol. The van der Waals surface area contributed by atoms with Crippen molar-refractivity contribution in [3.63, 3.8) is 0 Å². The summed E-state index contributed by atoms with van der Waals surface area (Å²) in [6.07, 6.45) is 0. The molecule has 0 saturated carbocycles. The molecule has 0 radical (unpaired) electrons. The topological polar surface area (TPSA) is 23.8 Å². The number of rotatable bonds is 0. The van der Waals surface area contributed by atoms with Crippen LogP contribution in [0.1, 0.15) is 11.1 Å². The molecule has 0 spiro atoms. The maximum atomic E-state index is 8.69. The van der Waals surface area contributed by atoms with Crippen molar-refractivity contribution >= 4 is 27.5 Å². The quantitative estimate of drug-likeness (QED) is 0.671. The summed E-state index contributed by atoms with van der Waals surface area (Å²) in [7, 11) is 0. The van der Waals surface area contributed by atoms with Crippen molar-refractivity contribution in [3.8, 4) is 6.07 Å². The van der Waals surface area contributed by atoms with Crippen LogP contribution in [-0.4, -0.2) is 0 Å². The fourth-order valence-electron chi connectivity index (χ4n) is 0.790. The molecule has 11 heavy (non-hydrogen) atoms. The molecule has 56 valence electrons. The largest absolute Gasteiger partial charge is 0.192 e. The predicted molar refractivity (Wildman–Crippen MR) is 48.6 cm³/mol. The standard InChI is InChI=1S/C8H5BrClN/c1-5-6(4-11)7(9)2-3-8(5)10/h2-3H,1H3. The van der Waals surface area contributed by atoms with Gasteiger partial charge in [-0.1, -0.05) is 11.6 Å². The Morgan fingerprint density at radius 1 is 1.55 bits per heavy atom. The highest BCUT2D eigenvalue weighted by Gasteiger charge is 2.04. The Morgan fingerprint density at radius 3 is 2.64 bits per heavy atom. The molecule has 0 aliphatic heterocycles. The van der Waals surface area contributed by atoms with E-state index < -0.39 is 0 Å². The van der Waals surface area contributed by atoms with Gasteiger partial charge in [-0.2, -0.15) is 5.26 Å². The van der Waals surface area contributed by atoms with E-state index in [2.05, 4.69) is 22.0 Å². The van der Waals surface area contributed by atoms with Crippen LogP contribution >= 0.6 is 27.5 Å². The van der Waals surface area contributed by atoms with Gasteiger partial charge in [0.2, 0.25) is 0 Å². The van der Waals surface area contributed by atoms with Gasteiger partial charge in [-0.15, -0.1) is 0 Å². The molecular formula is C8H5BrClN. The molecule has 0 heterocycles. The molecule has 3 heteroatoms. The van der Waals surface area contributed by atoms with Gasteiger partial charge in [0.05, 0.1) is 5.56 Å².